The normalized spacial score (nSPS) is 13.5. The fraction of sp³-hybridized carbons (Fsp3) is 0.333. The Morgan fingerprint density at radius 3 is 2.08 bits per heavy atom. The van der Waals surface area contributed by atoms with Crippen molar-refractivity contribution in [1.82, 2.24) is 19.3 Å². The van der Waals surface area contributed by atoms with Gasteiger partial charge in [-0.25, -0.2) is 16.8 Å². The molecule has 0 bridgehead atoms. The summed E-state index contributed by atoms with van der Waals surface area (Å²) in [5, 5.41) is 13.7. The number of carboxylic acids is 1. The van der Waals surface area contributed by atoms with Crippen LogP contribution < -0.4 is 21.5 Å². The summed E-state index contributed by atoms with van der Waals surface area (Å²) in [7, 11) is -8.26. The molecular formula is C33H42N6O7S2. The van der Waals surface area contributed by atoms with E-state index in [1.165, 1.54) is 48.5 Å². The van der Waals surface area contributed by atoms with E-state index in [9.17, 15) is 31.5 Å². The molecule has 0 saturated heterocycles. The van der Waals surface area contributed by atoms with Crippen LogP contribution in [0.15, 0.2) is 88.8 Å². The van der Waals surface area contributed by atoms with Crippen molar-refractivity contribution in [3.8, 4) is 0 Å². The number of hydrogen-bond donors (Lipinski definition) is 6. The van der Waals surface area contributed by atoms with Gasteiger partial charge < -0.3 is 26.9 Å². The van der Waals surface area contributed by atoms with Crippen LogP contribution in [0.3, 0.4) is 0 Å². The number of aliphatic carboxylic acids is 1. The maximum atomic E-state index is 13.5. The van der Waals surface area contributed by atoms with Crippen molar-refractivity contribution in [3.05, 3.63) is 84.6 Å². The van der Waals surface area contributed by atoms with Gasteiger partial charge in [-0.1, -0.05) is 32.0 Å². The maximum Gasteiger partial charge on any atom is 0.322 e. The lowest BCUT2D eigenvalue weighted by molar-refractivity contribution is -0.142. The zero-order valence-electron chi connectivity index (χ0n) is 26.8. The van der Waals surface area contributed by atoms with Gasteiger partial charge in [-0.3, -0.25) is 9.59 Å². The molecule has 3 aromatic carbocycles. The molecule has 0 aliphatic carbocycles. The van der Waals surface area contributed by atoms with Crippen LogP contribution in [0.1, 0.15) is 38.7 Å². The number of amides is 1. The van der Waals surface area contributed by atoms with Gasteiger partial charge >= 0.3 is 5.97 Å². The van der Waals surface area contributed by atoms with Gasteiger partial charge in [0.1, 0.15) is 12.1 Å². The number of H-pyrrole nitrogens is 1. The highest BCUT2D eigenvalue weighted by Crippen LogP contribution is 2.24. The molecule has 0 spiro atoms. The number of sulfonamides is 2. The van der Waals surface area contributed by atoms with Crippen molar-refractivity contribution in [2.75, 3.05) is 24.6 Å². The molecule has 0 saturated carbocycles. The van der Waals surface area contributed by atoms with E-state index in [1.807, 2.05) is 24.3 Å². The van der Waals surface area contributed by atoms with Crippen LogP contribution in [0.5, 0.6) is 0 Å². The van der Waals surface area contributed by atoms with Crippen LogP contribution in [0.2, 0.25) is 0 Å². The second kappa shape index (κ2) is 15.6. The number of aromatic amines is 1. The van der Waals surface area contributed by atoms with Crippen LogP contribution in [0.25, 0.3) is 10.9 Å². The summed E-state index contributed by atoms with van der Waals surface area (Å²) >= 11 is 0. The molecule has 0 aliphatic rings. The molecule has 4 rings (SSSR count). The maximum absolute atomic E-state index is 13.5. The zero-order valence-corrected chi connectivity index (χ0v) is 28.4. The third-order valence-corrected chi connectivity index (χ3v) is 11.1. The molecule has 0 radical (unpaired) electrons. The minimum Gasteiger partial charge on any atom is -0.480 e. The predicted octanol–water partition coefficient (Wildman–Crippen LogP) is 3.31. The fourth-order valence-corrected chi connectivity index (χ4v) is 8.30. The number of fused-ring (bicyclic) bond motifs is 1. The summed E-state index contributed by atoms with van der Waals surface area (Å²) in [5.41, 5.74) is 13.8. The van der Waals surface area contributed by atoms with E-state index in [0.717, 1.165) is 20.8 Å². The van der Waals surface area contributed by atoms with Gasteiger partial charge in [0, 0.05) is 41.6 Å². The number of carbonyl (C=O) groups excluding carboxylic acids is 1. The number of aromatic nitrogens is 1. The molecule has 1 aromatic heterocycles. The monoisotopic (exact) mass is 698 g/mol. The van der Waals surface area contributed by atoms with Crippen LogP contribution in [0, 0.1) is 5.92 Å². The van der Waals surface area contributed by atoms with Crippen LogP contribution >= 0.6 is 0 Å². The first-order valence-corrected chi connectivity index (χ1v) is 18.4. The summed E-state index contributed by atoms with van der Waals surface area (Å²) in [4.78, 5) is 28.8. The minimum atomic E-state index is -4.16. The summed E-state index contributed by atoms with van der Waals surface area (Å²) < 4.78 is 57.1. The number of nitrogens with two attached hydrogens (primary N) is 2. The number of hydrogen-bond acceptors (Lipinski definition) is 8. The molecule has 1 amide bonds. The second-order valence-corrected chi connectivity index (χ2v) is 15.6. The number of nitrogens with zero attached hydrogens (tertiary/aromatic N) is 1. The van der Waals surface area contributed by atoms with Gasteiger partial charge in [-0.15, -0.1) is 0 Å². The number of rotatable bonds is 17. The molecule has 1 heterocycles. The highest BCUT2D eigenvalue weighted by Gasteiger charge is 2.36. The number of para-hydroxylation sites is 1. The van der Waals surface area contributed by atoms with E-state index in [1.54, 1.807) is 20.0 Å². The highest BCUT2D eigenvalue weighted by atomic mass is 32.2. The Hall–Kier alpha value is -4.44. The Bertz CT molecular complexity index is 1930. The molecular weight excluding hydrogens is 657 g/mol. The lowest BCUT2D eigenvalue weighted by Gasteiger charge is -2.29. The molecule has 48 heavy (non-hydrogen) atoms. The van der Waals surface area contributed by atoms with Crippen molar-refractivity contribution in [3.63, 3.8) is 0 Å². The number of carbonyl (C=O) groups is 2. The Balaban J connectivity index is 1.45. The largest absolute Gasteiger partial charge is 0.480 e. The first kappa shape index (κ1) is 36.4. The lowest BCUT2D eigenvalue weighted by Crippen LogP contribution is -2.48. The smallest absolute Gasteiger partial charge is 0.322 e. The average Bonchev–Trinajstić information content (AvgIpc) is 3.44. The van der Waals surface area contributed by atoms with Gasteiger partial charge in [-0.05, 0) is 91.8 Å². The van der Waals surface area contributed by atoms with Crippen LogP contribution in [0.4, 0.5) is 11.4 Å². The van der Waals surface area contributed by atoms with Gasteiger partial charge in [0.25, 0.3) is 0 Å². The molecule has 4 aromatic rings. The van der Waals surface area contributed by atoms with E-state index >= 15 is 0 Å². The Morgan fingerprint density at radius 1 is 0.875 bits per heavy atom. The topological polar surface area (TPSA) is 218 Å². The molecule has 0 aliphatic heterocycles. The molecule has 13 nitrogen and oxygen atoms in total. The standard InChI is InChI=1S/C33H42N6O7S2/c1-22(2)21-39(48(45,46)27-16-12-25(35)13-17-27)31(33(41)42)9-5-6-18-36-32(40)30(19-23-20-37-29-8-4-3-7-28(23)29)38-47(43,44)26-14-10-24(34)11-15-26/h3-4,7-8,10-17,20,22,30-31,37-38H,5-6,9,18-19,21,34-35H2,1-2H3,(H,36,40)(H,41,42)/t30-,31-/m0/s1. The van der Waals surface area contributed by atoms with Crippen molar-refractivity contribution in [2.45, 2.75) is 61.4 Å². The van der Waals surface area contributed by atoms with Crippen LogP contribution in [-0.2, 0) is 36.1 Å². The number of benzene rings is 3. The van der Waals surface area contributed by atoms with Gasteiger partial charge in [0.05, 0.1) is 9.79 Å². The Kier molecular flexibility index (Phi) is 11.9. The van der Waals surface area contributed by atoms with Gasteiger partial charge in [0.2, 0.25) is 26.0 Å². The first-order valence-electron chi connectivity index (χ1n) is 15.5. The third-order valence-electron chi connectivity index (χ3n) is 7.77. The fourth-order valence-electron chi connectivity index (χ4n) is 5.33. The predicted molar refractivity (Wildman–Crippen MR) is 185 cm³/mol. The number of nitrogens with one attached hydrogen (secondary N) is 3. The number of nitrogen functional groups attached to an aromatic ring is 2. The molecule has 0 fully saturated rings. The van der Waals surface area contributed by atoms with Gasteiger partial charge in [-0.2, -0.15) is 9.03 Å². The molecule has 15 heteroatoms. The van der Waals surface area contributed by atoms with E-state index in [0.29, 0.717) is 17.8 Å². The van der Waals surface area contributed by atoms with Crippen molar-refractivity contribution in [1.29, 1.82) is 0 Å². The highest BCUT2D eigenvalue weighted by molar-refractivity contribution is 7.89. The van der Waals surface area contributed by atoms with E-state index in [2.05, 4.69) is 15.0 Å². The van der Waals surface area contributed by atoms with Crippen LogP contribution in [-0.4, -0.2) is 68.3 Å². The summed E-state index contributed by atoms with van der Waals surface area (Å²) in [6.07, 6.45) is 2.37. The average molecular weight is 699 g/mol. The first-order chi connectivity index (χ1) is 22.7. The van der Waals surface area contributed by atoms with E-state index in [4.69, 9.17) is 11.5 Å². The SMILES string of the molecule is CC(C)CN([C@@H](CCCCNC(=O)[C@H](Cc1c[nH]c2ccccc12)NS(=O)(=O)c1ccc(N)cc1)C(=O)O)S(=O)(=O)c1ccc(N)cc1. The molecule has 8 N–H and O–H groups in total. The molecule has 2 atom stereocenters. The van der Waals surface area contributed by atoms with Crippen molar-refractivity contribution < 1.29 is 31.5 Å². The van der Waals surface area contributed by atoms with E-state index < -0.39 is 44.0 Å². The van der Waals surface area contributed by atoms with Crippen molar-refractivity contribution in [2.24, 2.45) is 5.92 Å². The summed E-state index contributed by atoms with van der Waals surface area (Å²) in [6.45, 7) is 3.69. The van der Waals surface area contributed by atoms with Crippen molar-refractivity contribution >= 4 is 54.2 Å². The van der Waals surface area contributed by atoms with E-state index in [-0.39, 0.29) is 48.1 Å². The third kappa shape index (κ3) is 9.13. The lowest BCUT2D eigenvalue weighted by atomic mass is 10.0. The minimum absolute atomic E-state index is 0.00530. The van der Waals surface area contributed by atoms with Gasteiger partial charge in [0.15, 0.2) is 0 Å². The Morgan fingerprint density at radius 2 is 1.48 bits per heavy atom. The molecule has 258 valence electrons. The zero-order chi connectivity index (χ0) is 35.1. The summed E-state index contributed by atoms with van der Waals surface area (Å²) in [5.74, 6) is -2.00. The molecule has 0 unspecified atom stereocenters. The number of anilines is 2. The number of carboxylic acid groups (broad SMARTS) is 1. The second-order valence-electron chi connectivity index (χ2n) is 12.0. The number of unbranched alkanes of at least 4 members (excludes halogenated alkanes) is 1. The Labute approximate surface area is 280 Å². The summed E-state index contributed by atoms with van der Waals surface area (Å²) in [6, 6.07) is 16.1. The quantitative estimate of drug-likeness (QED) is 0.0703.